The predicted molar refractivity (Wildman–Crippen MR) is 28.5 cm³/mol. The first kappa shape index (κ1) is 8.78. The van der Waals surface area contributed by atoms with Crippen LogP contribution >= 0.6 is 0 Å². The first-order valence-corrected chi connectivity index (χ1v) is 2.76. The molecule has 0 saturated carbocycles. The molecule has 0 atom stereocenters. The summed E-state index contributed by atoms with van der Waals surface area (Å²) in [5.74, 6) is 0. The second kappa shape index (κ2) is 3.74. The van der Waals surface area contributed by atoms with Gasteiger partial charge in [0.2, 0.25) is 0 Å². The van der Waals surface area contributed by atoms with Crippen molar-refractivity contribution in [3.63, 3.8) is 0 Å². The Balaban J connectivity index is 4.28. The molecule has 9 heavy (non-hydrogen) atoms. The van der Waals surface area contributed by atoms with E-state index in [4.69, 9.17) is 0 Å². The van der Waals surface area contributed by atoms with Crippen molar-refractivity contribution < 1.29 is 19.5 Å². The van der Waals surface area contributed by atoms with Crippen molar-refractivity contribution in [1.82, 2.24) is 5.48 Å². The monoisotopic (exact) mass is 171 g/mol. The van der Waals surface area contributed by atoms with Gasteiger partial charge in [0, 0.05) is 0 Å². The molecule has 0 heterocycles. The van der Waals surface area contributed by atoms with Gasteiger partial charge in [0.15, 0.2) is 0 Å². The molecule has 0 bridgehead atoms. The molecule has 0 aromatic rings. The number of rotatable bonds is 2. The van der Waals surface area contributed by atoms with Gasteiger partial charge < -0.3 is 0 Å². The molecule has 54 valence electrons. The Morgan fingerprint density at radius 1 is 1.56 bits per heavy atom. The Hall–Kier alpha value is -0.221. The number of hydrogen-bond donors (Lipinski definition) is 1. The Morgan fingerprint density at radius 2 is 2.00 bits per heavy atom. The Kier molecular flexibility index (Phi) is 3.65. The van der Waals surface area contributed by atoms with Crippen LogP contribution in [0.25, 0.3) is 0 Å². The van der Waals surface area contributed by atoms with Crippen molar-refractivity contribution in [2.45, 2.75) is 13.8 Å². The molecule has 0 aliphatic carbocycles. The molecule has 5 heteroatoms. The third kappa shape index (κ3) is 2.72. The molecule has 4 nitrogen and oxygen atoms in total. The Bertz CT molecular complexity index is 155. The van der Waals surface area contributed by atoms with Crippen molar-refractivity contribution in [2.24, 2.45) is 0 Å². The van der Waals surface area contributed by atoms with E-state index in [-0.39, 0.29) is 0 Å². The maximum atomic E-state index is 10.3. The van der Waals surface area contributed by atoms with Gasteiger partial charge in [0.05, 0.1) is 0 Å². The summed E-state index contributed by atoms with van der Waals surface area (Å²) in [4.78, 5) is 0. The topological polar surface area (TPSA) is 61.2 Å². The van der Waals surface area contributed by atoms with E-state index in [2.05, 4.69) is 15.8 Å². The summed E-state index contributed by atoms with van der Waals surface area (Å²) in [6.45, 7) is 3.03. The quantitative estimate of drug-likeness (QED) is 0.487. The molecule has 0 fully saturated rings. The molecule has 0 unspecified atom stereocenters. The number of nitrogens with one attached hydrogen (secondary N) is 1. The average Bonchev–Trinajstić information content (AvgIpc) is 1.84. The molecule has 0 aliphatic rings. The zero-order valence-corrected chi connectivity index (χ0v) is 6.22. The SMILES string of the molecule is CC(N[O-])=C(C)[N+]([O-])=[Fe]. The fourth-order valence-electron chi connectivity index (χ4n) is 0.202. The molecule has 0 amide bonds. The van der Waals surface area contributed by atoms with E-state index >= 15 is 0 Å². The van der Waals surface area contributed by atoms with Gasteiger partial charge in [-0.2, -0.15) is 0 Å². The van der Waals surface area contributed by atoms with E-state index in [0.717, 1.165) is 0 Å². The molecule has 1 N–H and O–H groups in total. The van der Waals surface area contributed by atoms with Crippen LogP contribution in [0.5, 0.6) is 0 Å². The summed E-state index contributed by atoms with van der Waals surface area (Å²) in [6, 6.07) is 0. The van der Waals surface area contributed by atoms with Gasteiger partial charge in [0.1, 0.15) is 0 Å². The van der Waals surface area contributed by atoms with Crippen molar-refractivity contribution in [2.75, 3.05) is 0 Å². The van der Waals surface area contributed by atoms with Gasteiger partial charge in [-0.25, -0.2) is 0 Å². The second-order valence-electron chi connectivity index (χ2n) is 1.55. The van der Waals surface area contributed by atoms with Crippen LogP contribution in [0.3, 0.4) is 0 Å². The van der Waals surface area contributed by atoms with E-state index in [0.29, 0.717) is 15.1 Å². The standard InChI is InChI=1S/C4H7N2O2.Fe/c1-3(5-7)4(2)6-8;/h5H,1-2H3;/q-1;. The number of nitrogens with zero attached hydrogens (tertiary/aromatic N) is 1. The van der Waals surface area contributed by atoms with Gasteiger partial charge in [-0.05, 0) is 0 Å². The molecule has 0 radical (unpaired) electrons. The van der Waals surface area contributed by atoms with Crippen LogP contribution in [0.15, 0.2) is 11.4 Å². The minimum atomic E-state index is 0.292. The van der Waals surface area contributed by atoms with E-state index in [1.54, 1.807) is 5.48 Å². The van der Waals surface area contributed by atoms with Gasteiger partial charge in [-0.3, -0.25) is 0 Å². The van der Waals surface area contributed by atoms with Crippen LogP contribution in [-0.2, 0) is 15.8 Å². The van der Waals surface area contributed by atoms with E-state index < -0.39 is 0 Å². The number of allylic oxidation sites excluding steroid dienone is 2. The summed E-state index contributed by atoms with van der Waals surface area (Å²) in [5.41, 5.74) is 2.18. The fraction of sp³-hybridized carbons (Fsp3) is 0.500. The van der Waals surface area contributed by atoms with Crippen LogP contribution in [0.1, 0.15) is 13.8 Å². The molecular weight excluding hydrogens is 164 g/mol. The van der Waals surface area contributed by atoms with Crippen LogP contribution in [-0.4, -0.2) is 3.71 Å². The van der Waals surface area contributed by atoms with Crippen LogP contribution < -0.4 is 5.48 Å². The zero-order chi connectivity index (χ0) is 7.44. The fourth-order valence-corrected chi connectivity index (χ4v) is 0.387. The molecule has 0 aromatic heterocycles. The molecule has 0 rings (SSSR count). The van der Waals surface area contributed by atoms with Crippen LogP contribution in [0, 0.1) is 10.4 Å². The Labute approximate surface area is 61.3 Å². The van der Waals surface area contributed by atoms with E-state index in [9.17, 15) is 10.4 Å². The van der Waals surface area contributed by atoms with Crippen molar-refractivity contribution >= 4 is 0 Å². The van der Waals surface area contributed by atoms with Crippen LogP contribution in [0.2, 0.25) is 0 Å². The van der Waals surface area contributed by atoms with E-state index in [1.807, 2.05) is 0 Å². The Morgan fingerprint density at radius 3 is 2.11 bits per heavy atom. The van der Waals surface area contributed by atoms with Gasteiger partial charge in [-0.1, -0.05) is 0 Å². The zero-order valence-electron chi connectivity index (χ0n) is 5.12. The third-order valence-corrected chi connectivity index (χ3v) is 1.32. The van der Waals surface area contributed by atoms with E-state index in [1.165, 1.54) is 13.8 Å². The molecule has 0 aliphatic heterocycles. The first-order valence-electron chi connectivity index (χ1n) is 2.27. The summed E-state index contributed by atoms with van der Waals surface area (Å²) in [6.07, 6.45) is 0. The third-order valence-electron chi connectivity index (χ3n) is 0.951. The van der Waals surface area contributed by atoms with Crippen molar-refractivity contribution in [1.29, 1.82) is 0 Å². The number of hydroxylamine groups is 2. The number of hydrogen-bond acceptors (Lipinski definition) is 3. The minimum absolute atomic E-state index is 0.292. The predicted octanol–water partition coefficient (Wildman–Crippen LogP) is 0.566. The maximum absolute atomic E-state index is 10.3. The van der Waals surface area contributed by atoms with Gasteiger partial charge in [0.25, 0.3) is 0 Å². The first-order chi connectivity index (χ1) is 4.09. The summed E-state index contributed by atoms with van der Waals surface area (Å²) >= 11 is 3.05. The van der Waals surface area contributed by atoms with Gasteiger partial charge in [-0.15, -0.1) is 0 Å². The van der Waals surface area contributed by atoms with Gasteiger partial charge >= 0.3 is 60.7 Å². The molecule has 0 spiro atoms. The summed E-state index contributed by atoms with van der Waals surface area (Å²) in [7, 11) is 0. The van der Waals surface area contributed by atoms with Crippen LogP contribution in [0.4, 0.5) is 0 Å². The second-order valence-corrected chi connectivity index (χ2v) is 2.00. The van der Waals surface area contributed by atoms with Crippen molar-refractivity contribution in [3.05, 3.63) is 21.8 Å². The molecule has 0 aromatic carbocycles. The normalized spacial score (nSPS) is 12.6. The summed E-state index contributed by atoms with van der Waals surface area (Å²) in [5, 5.41) is 20.2. The molecular formula is C4H7FeN2O2-. The summed E-state index contributed by atoms with van der Waals surface area (Å²) < 4.78 is 0.389. The average molecular weight is 171 g/mol. The molecule has 0 saturated heterocycles. The van der Waals surface area contributed by atoms with Crippen molar-refractivity contribution in [3.8, 4) is 0 Å².